The van der Waals surface area contributed by atoms with Crippen LogP contribution in [0.2, 0.25) is 0 Å². The smallest absolute Gasteiger partial charge is 0.0871 e. The fourth-order valence-electron chi connectivity index (χ4n) is 2.78. The Kier molecular flexibility index (Phi) is 3.33. The van der Waals surface area contributed by atoms with Crippen molar-refractivity contribution in [2.45, 2.75) is 13.1 Å². The Bertz CT molecular complexity index is 910. The van der Waals surface area contributed by atoms with Crippen molar-refractivity contribution in [2.24, 2.45) is 0 Å². The molecule has 0 atom stereocenters. The van der Waals surface area contributed by atoms with Gasteiger partial charge in [0.1, 0.15) is 0 Å². The van der Waals surface area contributed by atoms with Crippen molar-refractivity contribution in [3.63, 3.8) is 0 Å². The van der Waals surface area contributed by atoms with E-state index < -0.39 is 0 Å². The van der Waals surface area contributed by atoms with E-state index in [1.54, 1.807) is 0 Å². The predicted molar refractivity (Wildman–Crippen MR) is 89.7 cm³/mol. The first kappa shape index (κ1) is 13.0. The summed E-state index contributed by atoms with van der Waals surface area (Å²) >= 11 is 0. The average molecular weight is 287 g/mol. The second kappa shape index (κ2) is 5.62. The van der Waals surface area contributed by atoms with Gasteiger partial charge in [-0.25, -0.2) is 0 Å². The number of nitrogens with one attached hydrogen (secondary N) is 1. The van der Waals surface area contributed by atoms with E-state index in [9.17, 15) is 0 Å². The minimum absolute atomic E-state index is 0.850. The van der Waals surface area contributed by atoms with E-state index in [0.717, 1.165) is 29.6 Å². The van der Waals surface area contributed by atoms with Crippen molar-refractivity contribution in [2.75, 3.05) is 0 Å². The van der Waals surface area contributed by atoms with E-state index in [1.807, 2.05) is 12.3 Å². The maximum Gasteiger partial charge on any atom is 0.0871 e. The van der Waals surface area contributed by atoms with Gasteiger partial charge in [0.2, 0.25) is 0 Å². The molecule has 2 heterocycles. The number of hydrogen-bond donors (Lipinski definition) is 1. The second-order valence-electron chi connectivity index (χ2n) is 5.47. The van der Waals surface area contributed by atoms with Gasteiger partial charge in [-0.3, -0.25) is 4.98 Å². The summed E-state index contributed by atoms with van der Waals surface area (Å²) in [5.41, 5.74) is 5.88. The molecule has 22 heavy (non-hydrogen) atoms. The lowest BCUT2D eigenvalue weighted by Gasteiger charge is -2.08. The van der Waals surface area contributed by atoms with Crippen LogP contribution in [0.4, 0.5) is 0 Å². The molecule has 0 spiro atoms. The minimum Gasteiger partial charge on any atom is -0.314 e. The largest absolute Gasteiger partial charge is 0.314 e. The molecule has 1 N–H and O–H groups in total. The fraction of sp³-hybridized carbons (Fsp3) is 0.105. The molecule has 2 aromatic heterocycles. The van der Waals surface area contributed by atoms with Crippen LogP contribution in [0.5, 0.6) is 0 Å². The number of fused-ring (bicyclic) bond motifs is 3. The molecule has 0 aliphatic carbocycles. The monoisotopic (exact) mass is 287 g/mol. The van der Waals surface area contributed by atoms with Gasteiger partial charge in [-0.15, -0.1) is 0 Å². The summed E-state index contributed by atoms with van der Waals surface area (Å²) in [6.45, 7) is 1.73. The molecule has 3 nitrogen and oxygen atoms in total. The highest BCUT2D eigenvalue weighted by Gasteiger charge is 2.02. The zero-order valence-corrected chi connectivity index (χ0v) is 12.2. The van der Waals surface area contributed by atoms with Gasteiger partial charge in [0.15, 0.2) is 0 Å². The number of aromatic nitrogens is 2. The molecule has 2 aromatic carbocycles. The van der Waals surface area contributed by atoms with E-state index in [1.165, 1.54) is 11.1 Å². The standard InChI is InChI=1S/C19H17N3/c1-2-5-15(6-3-1)12-20-13-16-8-9-18-19(11-16)22-10-4-7-17(22)14-21-18/h1-11,14,20H,12-13H2. The van der Waals surface area contributed by atoms with Gasteiger partial charge in [0, 0.05) is 19.3 Å². The topological polar surface area (TPSA) is 29.3 Å². The molecule has 0 radical (unpaired) electrons. The molecule has 0 saturated heterocycles. The summed E-state index contributed by atoms with van der Waals surface area (Å²) in [5, 5.41) is 3.49. The van der Waals surface area contributed by atoms with Crippen LogP contribution >= 0.6 is 0 Å². The van der Waals surface area contributed by atoms with E-state index in [0.29, 0.717) is 0 Å². The van der Waals surface area contributed by atoms with Gasteiger partial charge in [-0.05, 0) is 35.4 Å². The molecule has 108 valence electrons. The van der Waals surface area contributed by atoms with Gasteiger partial charge < -0.3 is 9.72 Å². The second-order valence-corrected chi connectivity index (χ2v) is 5.47. The quantitative estimate of drug-likeness (QED) is 0.619. The summed E-state index contributed by atoms with van der Waals surface area (Å²) in [7, 11) is 0. The first-order valence-corrected chi connectivity index (χ1v) is 7.49. The number of rotatable bonds is 4. The van der Waals surface area contributed by atoms with Gasteiger partial charge in [0.25, 0.3) is 0 Å². The van der Waals surface area contributed by atoms with Gasteiger partial charge >= 0.3 is 0 Å². The van der Waals surface area contributed by atoms with Crippen LogP contribution in [0.15, 0.2) is 73.1 Å². The van der Waals surface area contributed by atoms with E-state index in [4.69, 9.17) is 0 Å². The van der Waals surface area contributed by atoms with E-state index in [-0.39, 0.29) is 0 Å². The Morgan fingerprint density at radius 1 is 0.864 bits per heavy atom. The highest BCUT2D eigenvalue weighted by Crippen LogP contribution is 2.17. The fourth-order valence-corrected chi connectivity index (χ4v) is 2.78. The molecule has 0 amide bonds. The van der Waals surface area contributed by atoms with Crippen LogP contribution in [0.25, 0.3) is 16.6 Å². The molecular formula is C19H17N3. The molecule has 0 saturated carbocycles. The van der Waals surface area contributed by atoms with Gasteiger partial charge in [0.05, 0.1) is 22.7 Å². The van der Waals surface area contributed by atoms with Crippen molar-refractivity contribution in [3.05, 3.63) is 84.2 Å². The van der Waals surface area contributed by atoms with Crippen molar-refractivity contribution < 1.29 is 0 Å². The molecule has 4 rings (SSSR count). The highest BCUT2D eigenvalue weighted by atomic mass is 14.9. The highest BCUT2D eigenvalue weighted by molar-refractivity contribution is 5.78. The van der Waals surface area contributed by atoms with Crippen molar-refractivity contribution in [3.8, 4) is 0 Å². The third kappa shape index (κ3) is 2.47. The molecule has 0 aliphatic rings. The van der Waals surface area contributed by atoms with Crippen LogP contribution in [0, 0.1) is 0 Å². The maximum atomic E-state index is 4.51. The molecule has 3 heteroatoms. The summed E-state index contributed by atoms with van der Waals surface area (Å²) in [6, 6.07) is 21.0. The summed E-state index contributed by atoms with van der Waals surface area (Å²) in [4.78, 5) is 4.51. The zero-order valence-electron chi connectivity index (χ0n) is 12.2. The Labute approximate surface area is 129 Å². The minimum atomic E-state index is 0.850. The van der Waals surface area contributed by atoms with Crippen molar-refractivity contribution >= 4 is 16.6 Å². The number of nitrogens with zero attached hydrogens (tertiary/aromatic N) is 2. The Balaban J connectivity index is 1.57. The third-order valence-electron chi connectivity index (χ3n) is 3.92. The van der Waals surface area contributed by atoms with Crippen LogP contribution in [0.1, 0.15) is 11.1 Å². The van der Waals surface area contributed by atoms with E-state index >= 15 is 0 Å². The summed E-state index contributed by atoms with van der Waals surface area (Å²) in [5.74, 6) is 0. The summed E-state index contributed by atoms with van der Waals surface area (Å²) in [6.07, 6.45) is 4.00. The Hall–Kier alpha value is -2.65. The molecule has 0 fully saturated rings. The maximum absolute atomic E-state index is 4.51. The first-order chi connectivity index (χ1) is 10.9. The predicted octanol–water partition coefficient (Wildman–Crippen LogP) is 3.78. The van der Waals surface area contributed by atoms with Gasteiger partial charge in [-0.1, -0.05) is 36.4 Å². The van der Waals surface area contributed by atoms with Crippen molar-refractivity contribution in [1.82, 2.24) is 14.7 Å². The first-order valence-electron chi connectivity index (χ1n) is 7.49. The van der Waals surface area contributed by atoms with Crippen LogP contribution in [-0.4, -0.2) is 9.38 Å². The lowest BCUT2D eigenvalue weighted by molar-refractivity contribution is 0.694. The number of benzene rings is 2. The van der Waals surface area contributed by atoms with Crippen LogP contribution in [0.3, 0.4) is 0 Å². The average Bonchev–Trinajstić information content (AvgIpc) is 3.05. The Morgan fingerprint density at radius 2 is 1.73 bits per heavy atom. The molecule has 0 unspecified atom stereocenters. The SMILES string of the molecule is c1ccc(CNCc2ccc3ncc4cccn4c3c2)cc1. The number of hydrogen-bond acceptors (Lipinski definition) is 2. The lowest BCUT2D eigenvalue weighted by Crippen LogP contribution is -2.12. The molecule has 4 aromatic rings. The van der Waals surface area contributed by atoms with Crippen LogP contribution < -0.4 is 5.32 Å². The van der Waals surface area contributed by atoms with Crippen molar-refractivity contribution in [1.29, 1.82) is 0 Å². The Morgan fingerprint density at radius 3 is 2.64 bits per heavy atom. The molecule has 0 aliphatic heterocycles. The molecular weight excluding hydrogens is 270 g/mol. The molecule has 0 bridgehead atoms. The normalized spacial score (nSPS) is 11.3. The van der Waals surface area contributed by atoms with E-state index in [2.05, 4.69) is 75.5 Å². The summed E-state index contributed by atoms with van der Waals surface area (Å²) < 4.78 is 2.18. The lowest BCUT2D eigenvalue weighted by atomic mass is 10.1. The zero-order chi connectivity index (χ0) is 14.8. The van der Waals surface area contributed by atoms with Gasteiger partial charge in [-0.2, -0.15) is 0 Å². The third-order valence-corrected chi connectivity index (χ3v) is 3.92. The van der Waals surface area contributed by atoms with Crippen LogP contribution in [-0.2, 0) is 13.1 Å².